The second-order valence-electron chi connectivity index (χ2n) is 8.84. The van der Waals surface area contributed by atoms with Crippen molar-refractivity contribution in [2.75, 3.05) is 11.9 Å². The summed E-state index contributed by atoms with van der Waals surface area (Å²) < 4.78 is 7.54. The van der Waals surface area contributed by atoms with Gasteiger partial charge in [0.15, 0.2) is 6.61 Å². The fourth-order valence-electron chi connectivity index (χ4n) is 5.71. The van der Waals surface area contributed by atoms with Crippen molar-refractivity contribution in [3.8, 4) is 0 Å². The summed E-state index contributed by atoms with van der Waals surface area (Å²) >= 11 is 0. The van der Waals surface area contributed by atoms with Crippen molar-refractivity contribution in [2.24, 2.45) is 17.8 Å². The fourth-order valence-corrected chi connectivity index (χ4v) is 5.71. The first-order chi connectivity index (χ1) is 14.6. The zero-order valence-electron chi connectivity index (χ0n) is 17.4. The Morgan fingerprint density at radius 2 is 1.90 bits per heavy atom. The van der Waals surface area contributed by atoms with Crippen LogP contribution in [0.4, 0.5) is 5.69 Å². The van der Waals surface area contributed by atoms with Gasteiger partial charge in [-0.25, -0.2) is 0 Å². The van der Waals surface area contributed by atoms with Gasteiger partial charge in [-0.15, -0.1) is 0 Å². The summed E-state index contributed by atoms with van der Waals surface area (Å²) in [5.41, 5.74) is 3.05. The van der Waals surface area contributed by atoms with Crippen molar-refractivity contribution in [3.05, 3.63) is 42.5 Å². The Bertz CT molecular complexity index is 1120. The number of rotatable bonds is 6. The van der Waals surface area contributed by atoms with E-state index in [4.69, 9.17) is 4.74 Å². The van der Waals surface area contributed by atoms with Crippen LogP contribution in [0.3, 0.4) is 0 Å². The van der Waals surface area contributed by atoms with Crippen molar-refractivity contribution in [3.63, 3.8) is 0 Å². The van der Waals surface area contributed by atoms with Gasteiger partial charge < -0.3 is 14.6 Å². The highest BCUT2D eigenvalue weighted by Crippen LogP contribution is 2.49. The molecule has 2 aliphatic carbocycles. The number of fused-ring (bicyclic) bond motifs is 5. The second kappa shape index (κ2) is 7.78. The predicted molar refractivity (Wildman–Crippen MR) is 118 cm³/mol. The number of carbonyl (C=O) groups is 2. The first-order valence-electron chi connectivity index (χ1n) is 11.1. The molecule has 156 valence electrons. The lowest BCUT2D eigenvalue weighted by Gasteiger charge is -2.20. The Morgan fingerprint density at radius 3 is 2.67 bits per heavy atom. The van der Waals surface area contributed by atoms with Crippen LogP contribution in [0.5, 0.6) is 0 Å². The number of amides is 1. The first-order valence-corrected chi connectivity index (χ1v) is 11.1. The Balaban J connectivity index is 1.22. The molecule has 3 atom stereocenters. The van der Waals surface area contributed by atoms with Crippen LogP contribution in [0.1, 0.15) is 39.0 Å². The summed E-state index contributed by atoms with van der Waals surface area (Å²) in [6, 6.07) is 14.2. The number of nitrogens with one attached hydrogen (secondary N) is 1. The molecule has 1 heterocycles. The van der Waals surface area contributed by atoms with Crippen LogP contribution < -0.4 is 5.32 Å². The average molecular weight is 405 g/mol. The SMILES string of the molecule is CCn1c2ccccc2c2cc(NC(=O)COC(=O)CC3CC4CCC3C4)ccc21. The highest BCUT2D eigenvalue weighted by atomic mass is 16.5. The van der Waals surface area contributed by atoms with Crippen LogP contribution in [-0.2, 0) is 20.9 Å². The average Bonchev–Trinajstić information content (AvgIpc) is 3.45. The number of hydrogen-bond donors (Lipinski definition) is 1. The molecule has 2 aliphatic rings. The lowest BCUT2D eigenvalue weighted by Crippen LogP contribution is -2.23. The third-order valence-electron chi connectivity index (χ3n) is 7.05. The molecule has 5 heteroatoms. The maximum Gasteiger partial charge on any atom is 0.306 e. The molecule has 5 nitrogen and oxygen atoms in total. The highest BCUT2D eigenvalue weighted by Gasteiger charge is 2.40. The van der Waals surface area contributed by atoms with E-state index in [0.29, 0.717) is 18.3 Å². The second-order valence-corrected chi connectivity index (χ2v) is 8.84. The molecule has 0 spiro atoms. The quantitative estimate of drug-likeness (QED) is 0.580. The molecule has 1 N–H and O–H groups in total. The minimum Gasteiger partial charge on any atom is -0.456 e. The largest absolute Gasteiger partial charge is 0.456 e. The summed E-state index contributed by atoms with van der Waals surface area (Å²) in [5, 5.41) is 5.16. The van der Waals surface area contributed by atoms with Gasteiger partial charge in [0, 0.05) is 40.5 Å². The molecule has 1 amide bonds. The first kappa shape index (κ1) is 19.2. The van der Waals surface area contributed by atoms with Gasteiger partial charge >= 0.3 is 5.97 Å². The molecule has 5 rings (SSSR count). The van der Waals surface area contributed by atoms with Crippen LogP contribution in [-0.4, -0.2) is 23.1 Å². The summed E-state index contributed by atoms with van der Waals surface area (Å²) in [7, 11) is 0. The summed E-state index contributed by atoms with van der Waals surface area (Å²) in [6.45, 7) is 2.79. The molecule has 2 fully saturated rings. The smallest absolute Gasteiger partial charge is 0.306 e. The standard InChI is InChI=1S/C25H28N2O3/c1-2-27-22-6-4-3-5-20(22)21-14-19(9-10-23(21)27)26-24(28)15-30-25(29)13-18-12-16-7-8-17(18)11-16/h3-6,9-10,14,16-18H,2,7-8,11-13,15H2,1H3,(H,26,28). The van der Waals surface area contributed by atoms with Gasteiger partial charge in [0.25, 0.3) is 5.91 Å². The molecule has 3 unspecified atom stereocenters. The molecule has 1 aromatic heterocycles. The zero-order chi connectivity index (χ0) is 20.7. The van der Waals surface area contributed by atoms with Gasteiger partial charge in [0.1, 0.15) is 0 Å². The Kier molecular flexibility index (Phi) is 4.97. The van der Waals surface area contributed by atoms with E-state index in [-0.39, 0.29) is 18.5 Å². The van der Waals surface area contributed by atoms with E-state index in [2.05, 4.69) is 28.9 Å². The van der Waals surface area contributed by atoms with E-state index < -0.39 is 0 Å². The Morgan fingerprint density at radius 1 is 1.07 bits per heavy atom. The van der Waals surface area contributed by atoms with Crippen molar-refractivity contribution in [1.82, 2.24) is 4.57 Å². The maximum absolute atomic E-state index is 12.3. The minimum absolute atomic E-state index is 0.228. The molecule has 0 saturated heterocycles. The van der Waals surface area contributed by atoms with Crippen molar-refractivity contribution < 1.29 is 14.3 Å². The molecule has 2 saturated carbocycles. The third kappa shape index (κ3) is 3.47. The van der Waals surface area contributed by atoms with E-state index in [9.17, 15) is 9.59 Å². The topological polar surface area (TPSA) is 60.3 Å². The summed E-state index contributed by atoms with van der Waals surface area (Å²) in [5.74, 6) is 1.41. The third-order valence-corrected chi connectivity index (χ3v) is 7.05. The van der Waals surface area contributed by atoms with Gasteiger partial charge in [0.05, 0.1) is 0 Å². The molecule has 2 aromatic carbocycles. The number of aryl methyl sites for hydroxylation is 1. The fraction of sp³-hybridized carbons (Fsp3) is 0.440. The summed E-state index contributed by atoms with van der Waals surface area (Å²) in [6.07, 6.45) is 5.45. The van der Waals surface area contributed by atoms with E-state index in [1.54, 1.807) is 0 Å². The van der Waals surface area contributed by atoms with Gasteiger partial charge in [0.2, 0.25) is 0 Å². The molecular weight excluding hydrogens is 376 g/mol. The van der Waals surface area contributed by atoms with Crippen molar-refractivity contribution >= 4 is 39.4 Å². The lowest BCUT2D eigenvalue weighted by molar-refractivity contribution is -0.148. The molecule has 0 aliphatic heterocycles. The number of nitrogens with zero attached hydrogens (tertiary/aromatic N) is 1. The Hall–Kier alpha value is -2.82. The molecule has 3 aromatic rings. The van der Waals surface area contributed by atoms with Crippen LogP contribution in [0.2, 0.25) is 0 Å². The monoisotopic (exact) mass is 404 g/mol. The van der Waals surface area contributed by atoms with Crippen LogP contribution in [0, 0.1) is 17.8 Å². The number of esters is 1. The lowest BCUT2D eigenvalue weighted by atomic mass is 9.86. The van der Waals surface area contributed by atoms with Crippen molar-refractivity contribution in [2.45, 2.75) is 45.6 Å². The number of benzene rings is 2. The van der Waals surface area contributed by atoms with Gasteiger partial charge in [-0.1, -0.05) is 24.6 Å². The number of anilines is 1. The van der Waals surface area contributed by atoms with Crippen LogP contribution in [0.25, 0.3) is 21.8 Å². The number of aromatic nitrogens is 1. The minimum atomic E-state index is -0.296. The molecule has 30 heavy (non-hydrogen) atoms. The molecule has 2 bridgehead atoms. The van der Waals surface area contributed by atoms with E-state index in [0.717, 1.165) is 35.5 Å². The Labute approximate surface area is 176 Å². The van der Waals surface area contributed by atoms with E-state index in [1.165, 1.54) is 30.2 Å². The van der Waals surface area contributed by atoms with Gasteiger partial charge in [-0.2, -0.15) is 0 Å². The number of carbonyl (C=O) groups excluding carboxylic acids is 2. The molecule has 0 radical (unpaired) electrons. The van der Waals surface area contributed by atoms with Gasteiger partial charge in [-0.05, 0) is 68.2 Å². The number of ether oxygens (including phenoxy) is 1. The maximum atomic E-state index is 12.3. The van der Waals surface area contributed by atoms with E-state index >= 15 is 0 Å². The zero-order valence-corrected chi connectivity index (χ0v) is 17.4. The van der Waals surface area contributed by atoms with Gasteiger partial charge in [-0.3, -0.25) is 9.59 Å². The highest BCUT2D eigenvalue weighted by molar-refractivity contribution is 6.09. The van der Waals surface area contributed by atoms with Crippen molar-refractivity contribution in [1.29, 1.82) is 0 Å². The number of hydrogen-bond acceptors (Lipinski definition) is 3. The van der Waals surface area contributed by atoms with E-state index in [1.807, 2.05) is 30.3 Å². The van der Waals surface area contributed by atoms with Crippen LogP contribution in [0.15, 0.2) is 42.5 Å². The predicted octanol–water partition coefficient (Wildman–Crippen LogP) is 5.12. The van der Waals surface area contributed by atoms with Crippen LogP contribution >= 0.6 is 0 Å². The number of para-hydroxylation sites is 1. The normalized spacial score (nSPS) is 22.6. The summed E-state index contributed by atoms with van der Waals surface area (Å²) in [4.78, 5) is 24.5. The molecular formula is C25H28N2O3.